The molecule has 0 radical (unpaired) electrons. The zero-order valence-electron chi connectivity index (χ0n) is 15.1. The van der Waals surface area contributed by atoms with Crippen LogP contribution in [0, 0.1) is 29.9 Å². The highest BCUT2D eigenvalue weighted by atomic mass is 35.5. The molecular weight excluding hydrogens is 356 g/mol. The van der Waals surface area contributed by atoms with E-state index in [4.69, 9.17) is 11.6 Å². The molecule has 8 heteroatoms. The molecular formula is C18H21ClN4O3. The fraction of sp³-hybridized carbons (Fsp3) is 0.333. The molecule has 0 spiro atoms. The Hall–Kier alpha value is -2.67. The van der Waals surface area contributed by atoms with E-state index in [1.165, 1.54) is 18.2 Å². The third-order valence-corrected chi connectivity index (χ3v) is 4.14. The van der Waals surface area contributed by atoms with Crippen LogP contribution >= 0.6 is 11.6 Å². The number of halogens is 1. The molecule has 1 N–H and O–H groups in total. The predicted molar refractivity (Wildman–Crippen MR) is 102 cm³/mol. The number of carbonyl (C=O) groups is 1. The molecule has 0 aliphatic heterocycles. The monoisotopic (exact) mass is 376 g/mol. The number of hydrogen-bond acceptors (Lipinski definition) is 4. The Morgan fingerprint density at radius 3 is 2.73 bits per heavy atom. The first-order valence-electron chi connectivity index (χ1n) is 8.16. The van der Waals surface area contributed by atoms with Gasteiger partial charge in [0.05, 0.1) is 16.3 Å². The number of anilines is 1. The van der Waals surface area contributed by atoms with Gasteiger partial charge in [0, 0.05) is 30.3 Å². The van der Waals surface area contributed by atoms with Gasteiger partial charge in [-0.2, -0.15) is 5.10 Å². The van der Waals surface area contributed by atoms with Crippen molar-refractivity contribution < 1.29 is 9.72 Å². The van der Waals surface area contributed by atoms with E-state index in [0.29, 0.717) is 28.9 Å². The van der Waals surface area contributed by atoms with Crippen molar-refractivity contribution in [1.82, 2.24) is 9.78 Å². The molecule has 1 heterocycles. The summed E-state index contributed by atoms with van der Waals surface area (Å²) in [6.07, 6.45) is 2.94. The van der Waals surface area contributed by atoms with E-state index in [2.05, 4.69) is 24.3 Å². The van der Waals surface area contributed by atoms with Crippen LogP contribution in [0.4, 0.5) is 11.4 Å². The normalized spacial score (nSPS) is 11.3. The van der Waals surface area contributed by atoms with E-state index in [9.17, 15) is 14.9 Å². The van der Waals surface area contributed by atoms with Crippen molar-refractivity contribution in [1.29, 1.82) is 0 Å². The number of nitrogens with zero attached hydrogens (tertiary/aromatic N) is 3. The topological polar surface area (TPSA) is 90.1 Å². The Balaban J connectivity index is 2.17. The Morgan fingerprint density at radius 2 is 2.12 bits per heavy atom. The fourth-order valence-electron chi connectivity index (χ4n) is 2.41. The summed E-state index contributed by atoms with van der Waals surface area (Å²) in [6.45, 7) is 8.41. The lowest BCUT2D eigenvalue weighted by Gasteiger charge is -2.06. The maximum Gasteiger partial charge on any atom is 0.271 e. The van der Waals surface area contributed by atoms with Crippen molar-refractivity contribution in [3.8, 4) is 0 Å². The quantitative estimate of drug-likeness (QED) is 0.460. The van der Waals surface area contributed by atoms with Gasteiger partial charge >= 0.3 is 0 Å². The molecule has 138 valence electrons. The van der Waals surface area contributed by atoms with Gasteiger partial charge in [0.2, 0.25) is 5.91 Å². The highest BCUT2D eigenvalue weighted by Crippen LogP contribution is 2.24. The van der Waals surface area contributed by atoms with Crippen LogP contribution in [0.3, 0.4) is 0 Å². The SMILES string of the molecule is Cc1ccc([N+](=O)[O-])cc1NC(=O)/C=C/c1c(C)nn(CC(C)C)c1Cl. The number of aryl methyl sites for hydroxylation is 2. The first-order valence-corrected chi connectivity index (χ1v) is 8.53. The lowest BCUT2D eigenvalue weighted by molar-refractivity contribution is -0.384. The predicted octanol–water partition coefficient (Wildman–Crippen LogP) is 4.37. The van der Waals surface area contributed by atoms with Crippen LogP contribution in [0.2, 0.25) is 5.15 Å². The fourth-order valence-corrected chi connectivity index (χ4v) is 2.72. The summed E-state index contributed by atoms with van der Waals surface area (Å²) in [4.78, 5) is 22.6. The van der Waals surface area contributed by atoms with Gasteiger partial charge in [0.1, 0.15) is 5.15 Å². The van der Waals surface area contributed by atoms with Crippen molar-refractivity contribution in [2.24, 2.45) is 5.92 Å². The van der Waals surface area contributed by atoms with Crippen LogP contribution < -0.4 is 5.32 Å². The molecule has 0 saturated carbocycles. The van der Waals surface area contributed by atoms with E-state index in [1.54, 1.807) is 23.7 Å². The average Bonchev–Trinajstić information content (AvgIpc) is 2.80. The maximum absolute atomic E-state index is 12.2. The molecule has 1 aromatic carbocycles. The standard InChI is InChI=1S/C18H21ClN4O3/c1-11(2)10-22-18(19)15(13(4)21-22)7-8-17(24)20-16-9-14(23(25)26)6-5-12(16)3/h5-9,11H,10H2,1-4H3,(H,20,24)/b8-7+. The zero-order valence-corrected chi connectivity index (χ0v) is 15.9. The largest absolute Gasteiger partial charge is 0.322 e. The smallest absolute Gasteiger partial charge is 0.271 e. The number of rotatable bonds is 6. The summed E-state index contributed by atoms with van der Waals surface area (Å²) < 4.78 is 1.71. The summed E-state index contributed by atoms with van der Waals surface area (Å²) in [5.41, 5.74) is 2.46. The van der Waals surface area contributed by atoms with Gasteiger partial charge in [-0.15, -0.1) is 0 Å². The minimum absolute atomic E-state index is 0.0799. The molecule has 0 aliphatic carbocycles. The van der Waals surface area contributed by atoms with Crippen LogP contribution in [0.5, 0.6) is 0 Å². The van der Waals surface area contributed by atoms with Crippen molar-refractivity contribution >= 4 is 35.0 Å². The Kier molecular flexibility index (Phi) is 6.15. The second-order valence-corrected chi connectivity index (χ2v) is 6.80. The van der Waals surface area contributed by atoms with Crippen molar-refractivity contribution in [3.05, 3.63) is 56.4 Å². The average molecular weight is 377 g/mol. The van der Waals surface area contributed by atoms with E-state index in [-0.39, 0.29) is 5.69 Å². The molecule has 0 aliphatic rings. The molecule has 2 rings (SSSR count). The number of aromatic nitrogens is 2. The zero-order chi connectivity index (χ0) is 19.4. The Bertz CT molecular complexity index is 872. The number of nitrogens with one attached hydrogen (secondary N) is 1. The van der Waals surface area contributed by atoms with E-state index < -0.39 is 10.8 Å². The molecule has 0 atom stereocenters. The van der Waals surface area contributed by atoms with Crippen LogP contribution in [0.1, 0.15) is 30.7 Å². The molecule has 0 unspecified atom stereocenters. The van der Waals surface area contributed by atoms with Crippen molar-refractivity contribution in [2.75, 3.05) is 5.32 Å². The first-order chi connectivity index (χ1) is 12.2. The number of hydrogen-bond donors (Lipinski definition) is 1. The van der Waals surface area contributed by atoms with E-state index in [0.717, 1.165) is 11.3 Å². The highest BCUT2D eigenvalue weighted by molar-refractivity contribution is 6.31. The van der Waals surface area contributed by atoms with Crippen LogP contribution in [-0.2, 0) is 11.3 Å². The third-order valence-electron chi connectivity index (χ3n) is 3.74. The number of nitro groups is 1. The summed E-state index contributed by atoms with van der Waals surface area (Å²) in [5, 5.41) is 18.4. The molecule has 0 fully saturated rings. The number of non-ortho nitro benzene ring substituents is 1. The molecule has 26 heavy (non-hydrogen) atoms. The summed E-state index contributed by atoms with van der Waals surface area (Å²) in [7, 11) is 0. The van der Waals surface area contributed by atoms with Crippen molar-refractivity contribution in [2.45, 2.75) is 34.2 Å². The molecule has 2 aromatic rings. The van der Waals surface area contributed by atoms with Gasteiger partial charge in [-0.05, 0) is 31.4 Å². The lowest BCUT2D eigenvalue weighted by atomic mass is 10.1. The van der Waals surface area contributed by atoms with Crippen molar-refractivity contribution in [3.63, 3.8) is 0 Å². The van der Waals surface area contributed by atoms with Gasteiger partial charge in [-0.25, -0.2) is 0 Å². The van der Waals surface area contributed by atoms with Gasteiger partial charge in [0.25, 0.3) is 5.69 Å². The minimum atomic E-state index is -0.503. The third kappa shape index (κ3) is 4.70. The van der Waals surface area contributed by atoms with Crippen LogP contribution in [0.15, 0.2) is 24.3 Å². The molecule has 7 nitrogen and oxygen atoms in total. The summed E-state index contributed by atoms with van der Waals surface area (Å²) in [6, 6.07) is 4.32. The molecule has 0 bridgehead atoms. The molecule has 0 saturated heterocycles. The number of carbonyl (C=O) groups excluding carboxylic acids is 1. The van der Waals surface area contributed by atoms with E-state index >= 15 is 0 Å². The molecule has 1 aromatic heterocycles. The van der Waals surface area contributed by atoms with Gasteiger partial charge in [0.15, 0.2) is 0 Å². The summed E-state index contributed by atoms with van der Waals surface area (Å²) in [5.74, 6) is -0.00977. The van der Waals surface area contributed by atoms with Crippen LogP contribution in [-0.4, -0.2) is 20.6 Å². The highest BCUT2D eigenvalue weighted by Gasteiger charge is 2.13. The number of nitro benzene ring substituents is 1. The summed E-state index contributed by atoms with van der Waals surface area (Å²) >= 11 is 6.34. The number of benzene rings is 1. The molecule has 1 amide bonds. The van der Waals surface area contributed by atoms with Gasteiger partial charge in [-0.3, -0.25) is 19.6 Å². The number of amides is 1. The van der Waals surface area contributed by atoms with E-state index in [1.807, 2.05) is 6.92 Å². The van der Waals surface area contributed by atoms with Gasteiger partial charge in [-0.1, -0.05) is 31.5 Å². The second kappa shape index (κ2) is 8.14. The Labute approximate surface area is 156 Å². The maximum atomic E-state index is 12.2. The van der Waals surface area contributed by atoms with Crippen LogP contribution in [0.25, 0.3) is 6.08 Å². The van der Waals surface area contributed by atoms with Gasteiger partial charge < -0.3 is 5.32 Å². The first kappa shape index (κ1) is 19.7. The second-order valence-electron chi connectivity index (χ2n) is 6.44. The minimum Gasteiger partial charge on any atom is -0.322 e. The lowest BCUT2D eigenvalue weighted by Crippen LogP contribution is -2.09. The Morgan fingerprint density at radius 1 is 1.42 bits per heavy atom.